The number of carboxylic acids is 1. The molecule has 5 N–H and O–H groups in total. The van der Waals surface area contributed by atoms with Gasteiger partial charge in [-0.05, 0) is 24.7 Å². The Kier molecular flexibility index (Phi) is 5.77. The standard InChI is InChI=1S/C12H17N3O4/c1-13-6-8-3-2-4-9(5-8)14-12(19)15-10(7-16)11(17)18/h2-5,10,13,16H,6-7H2,1H3,(H,17,18)(H2,14,15,19)/t10-/m1/s1. The monoisotopic (exact) mass is 267 g/mol. The molecule has 0 radical (unpaired) electrons. The highest BCUT2D eigenvalue weighted by atomic mass is 16.4. The second-order valence-corrected chi connectivity index (χ2v) is 3.90. The van der Waals surface area contributed by atoms with Gasteiger partial charge in [0.2, 0.25) is 0 Å². The molecule has 0 aliphatic rings. The lowest BCUT2D eigenvalue weighted by molar-refractivity contribution is -0.140. The van der Waals surface area contributed by atoms with E-state index >= 15 is 0 Å². The summed E-state index contributed by atoms with van der Waals surface area (Å²) >= 11 is 0. The molecule has 0 aromatic heterocycles. The van der Waals surface area contributed by atoms with Crippen LogP contribution in [-0.4, -0.2) is 41.9 Å². The molecule has 1 aromatic rings. The molecule has 0 unspecified atom stereocenters. The summed E-state index contributed by atoms with van der Waals surface area (Å²) in [6, 6.07) is 5.14. The predicted octanol–water partition coefficient (Wildman–Crippen LogP) is -0.0270. The van der Waals surface area contributed by atoms with Crippen molar-refractivity contribution in [1.29, 1.82) is 0 Å². The van der Waals surface area contributed by atoms with E-state index in [2.05, 4.69) is 16.0 Å². The summed E-state index contributed by atoms with van der Waals surface area (Å²) in [5, 5.41) is 25.1. The molecule has 1 aromatic carbocycles. The molecule has 0 saturated carbocycles. The molecule has 104 valence electrons. The van der Waals surface area contributed by atoms with Gasteiger partial charge < -0.3 is 26.2 Å². The van der Waals surface area contributed by atoms with Crippen LogP contribution < -0.4 is 16.0 Å². The molecule has 1 atom stereocenters. The maximum atomic E-state index is 11.5. The van der Waals surface area contributed by atoms with Crippen LogP contribution in [0.4, 0.5) is 10.5 Å². The van der Waals surface area contributed by atoms with Crippen LogP contribution in [0.5, 0.6) is 0 Å². The van der Waals surface area contributed by atoms with Crippen molar-refractivity contribution in [2.24, 2.45) is 0 Å². The molecule has 0 aliphatic carbocycles. The maximum absolute atomic E-state index is 11.5. The number of anilines is 1. The Labute approximate surface area is 110 Å². The summed E-state index contributed by atoms with van der Waals surface area (Å²) in [5.41, 5.74) is 1.53. The lowest BCUT2D eigenvalue weighted by atomic mass is 10.2. The Morgan fingerprint density at radius 1 is 1.37 bits per heavy atom. The lowest BCUT2D eigenvalue weighted by Gasteiger charge is -2.13. The van der Waals surface area contributed by atoms with E-state index < -0.39 is 24.6 Å². The highest BCUT2D eigenvalue weighted by molar-refractivity contribution is 5.92. The first-order valence-electron chi connectivity index (χ1n) is 5.71. The van der Waals surface area contributed by atoms with E-state index in [1.54, 1.807) is 18.2 Å². The number of aliphatic hydroxyl groups is 1. The van der Waals surface area contributed by atoms with Crippen LogP contribution in [0.1, 0.15) is 5.56 Å². The van der Waals surface area contributed by atoms with Crippen LogP contribution in [0.2, 0.25) is 0 Å². The van der Waals surface area contributed by atoms with Crippen molar-refractivity contribution in [3.63, 3.8) is 0 Å². The summed E-state index contributed by atoms with van der Waals surface area (Å²) in [7, 11) is 1.81. The van der Waals surface area contributed by atoms with Gasteiger partial charge in [0.1, 0.15) is 0 Å². The van der Waals surface area contributed by atoms with E-state index in [9.17, 15) is 9.59 Å². The number of hydrogen-bond donors (Lipinski definition) is 5. The third-order valence-electron chi connectivity index (χ3n) is 2.35. The van der Waals surface area contributed by atoms with Gasteiger partial charge in [0.15, 0.2) is 6.04 Å². The number of carbonyl (C=O) groups is 2. The van der Waals surface area contributed by atoms with E-state index in [0.717, 1.165) is 5.56 Å². The van der Waals surface area contributed by atoms with Crippen molar-refractivity contribution in [1.82, 2.24) is 10.6 Å². The quantitative estimate of drug-likeness (QED) is 0.497. The van der Waals surface area contributed by atoms with Crippen LogP contribution in [0.15, 0.2) is 24.3 Å². The van der Waals surface area contributed by atoms with Crippen LogP contribution in [0.25, 0.3) is 0 Å². The summed E-state index contributed by atoms with van der Waals surface area (Å²) in [5.74, 6) is -1.29. The van der Waals surface area contributed by atoms with Crippen molar-refractivity contribution in [3.05, 3.63) is 29.8 Å². The van der Waals surface area contributed by atoms with Gasteiger partial charge in [-0.2, -0.15) is 0 Å². The molecule has 7 nitrogen and oxygen atoms in total. The smallest absolute Gasteiger partial charge is 0.328 e. The highest BCUT2D eigenvalue weighted by Crippen LogP contribution is 2.10. The first-order valence-corrected chi connectivity index (χ1v) is 5.71. The maximum Gasteiger partial charge on any atom is 0.328 e. The molecule has 0 fully saturated rings. The number of carbonyl (C=O) groups excluding carboxylic acids is 1. The van der Waals surface area contributed by atoms with Gasteiger partial charge in [-0.1, -0.05) is 12.1 Å². The number of carboxylic acid groups (broad SMARTS) is 1. The van der Waals surface area contributed by atoms with Crippen LogP contribution in [-0.2, 0) is 11.3 Å². The first kappa shape index (κ1) is 14.9. The second-order valence-electron chi connectivity index (χ2n) is 3.90. The molecule has 7 heteroatoms. The Hall–Kier alpha value is -2.12. The van der Waals surface area contributed by atoms with Gasteiger partial charge in [0, 0.05) is 12.2 Å². The number of hydrogen-bond acceptors (Lipinski definition) is 4. The van der Waals surface area contributed by atoms with Crippen molar-refractivity contribution >= 4 is 17.7 Å². The third-order valence-corrected chi connectivity index (χ3v) is 2.35. The van der Waals surface area contributed by atoms with Gasteiger partial charge in [0.05, 0.1) is 6.61 Å². The predicted molar refractivity (Wildman–Crippen MR) is 69.9 cm³/mol. The van der Waals surface area contributed by atoms with Gasteiger partial charge in [-0.3, -0.25) is 0 Å². The molecule has 0 bridgehead atoms. The van der Waals surface area contributed by atoms with Crippen molar-refractivity contribution in [3.8, 4) is 0 Å². The zero-order chi connectivity index (χ0) is 14.3. The van der Waals surface area contributed by atoms with Crippen molar-refractivity contribution < 1.29 is 19.8 Å². The van der Waals surface area contributed by atoms with E-state index in [4.69, 9.17) is 10.2 Å². The van der Waals surface area contributed by atoms with Gasteiger partial charge in [-0.15, -0.1) is 0 Å². The minimum Gasteiger partial charge on any atom is -0.480 e. The lowest BCUT2D eigenvalue weighted by Crippen LogP contribution is -2.45. The minimum absolute atomic E-state index is 0.548. The molecule has 2 amide bonds. The van der Waals surface area contributed by atoms with Crippen LogP contribution in [0.3, 0.4) is 0 Å². The molecule has 0 aliphatic heterocycles. The number of aliphatic carboxylic acids is 1. The molecule has 0 spiro atoms. The topological polar surface area (TPSA) is 111 Å². The Balaban J connectivity index is 2.61. The first-order chi connectivity index (χ1) is 9.06. The van der Waals surface area contributed by atoms with Crippen molar-refractivity contribution in [2.75, 3.05) is 19.0 Å². The number of rotatable bonds is 6. The van der Waals surface area contributed by atoms with Gasteiger partial charge in [-0.25, -0.2) is 9.59 Å². The number of nitrogens with one attached hydrogen (secondary N) is 3. The molecular formula is C12H17N3O4. The fraction of sp³-hybridized carbons (Fsp3) is 0.333. The SMILES string of the molecule is CNCc1cccc(NC(=O)N[C@H](CO)C(=O)O)c1. The Bertz CT molecular complexity index is 450. The van der Waals surface area contributed by atoms with Crippen LogP contribution in [0, 0.1) is 0 Å². The molecule has 0 saturated heterocycles. The third kappa shape index (κ3) is 4.94. The normalized spacial score (nSPS) is 11.7. The summed E-state index contributed by atoms with van der Waals surface area (Å²) in [6.45, 7) is -0.00588. The Morgan fingerprint density at radius 3 is 2.68 bits per heavy atom. The molecule has 19 heavy (non-hydrogen) atoms. The number of aliphatic hydroxyl groups excluding tert-OH is 1. The van der Waals surface area contributed by atoms with Gasteiger partial charge in [0.25, 0.3) is 0 Å². The summed E-state index contributed by atoms with van der Waals surface area (Å²) in [6.07, 6.45) is 0. The minimum atomic E-state index is -1.32. The highest BCUT2D eigenvalue weighted by Gasteiger charge is 2.18. The average Bonchev–Trinajstić information content (AvgIpc) is 2.36. The summed E-state index contributed by atoms with van der Waals surface area (Å²) < 4.78 is 0. The fourth-order valence-electron chi connectivity index (χ4n) is 1.47. The second kappa shape index (κ2) is 7.34. The zero-order valence-corrected chi connectivity index (χ0v) is 10.5. The van der Waals surface area contributed by atoms with Gasteiger partial charge >= 0.3 is 12.0 Å². The van der Waals surface area contributed by atoms with E-state index in [0.29, 0.717) is 12.2 Å². The largest absolute Gasteiger partial charge is 0.480 e. The van der Waals surface area contributed by atoms with E-state index in [1.165, 1.54) is 0 Å². The molecule has 1 rings (SSSR count). The van der Waals surface area contributed by atoms with Crippen molar-refractivity contribution in [2.45, 2.75) is 12.6 Å². The Morgan fingerprint density at radius 2 is 2.11 bits per heavy atom. The van der Waals surface area contributed by atoms with Crippen LogP contribution >= 0.6 is 0 Å². The summed E-state index contributed by atoms with van der Waals surface area (Å²) in [4.78, 5) is 22.2. The molecule has 0 heterocycles. The fourth-order valence-corrected chi connectivity index (χ4v) is 1.47. The van der Waals surface area contributed by atoms with E-state index in [-0.39, 0.29) is 0 Å². The zero-order valence-electron chi connectivity index (χ0n) is 10.5. The number of benzene rings is 1. The molecular weight excluding hydrogens is 250 g/mol. The average molecular weight is 267 g/mol. The number of urea groups is 1. The van der Waals surface area contributed by atoms with E-state index in [1.807, 2.05) is 13.1 Å². The number of amides is 2.